The largest absolute Gasteiger partial charge is 0.427 e. The van der Waals surface area contributed by atoms with Crippen molar-refractivity contribution in [3.63, 3.8) is 0 Å². The van der Waals surface area contributed by atoms with Crippen LogP contribution in [-0.2, 0) is 4.79 Å². The summed E-state index contributed by atoms with van der Waals surface area (Å²) in [5.74, 6) is 0.307. The lowest BCUT2D eigenvalue weighted by atomic mass is 10.2. The number of allylic oxidation sites excluding steroid dienone is 5. The molecule has 0 amide bonds. The van der Waals surface area contributed by atoms with Crippen molar-refractivity contribution in [1.29, 1.82) is 0 Å². The molecule has 0 N–H and O–H groups in total. The van der Waals surface area contributed by atoms with Crippen LogP contribution >= 0.6 is 0 Å². The number of rotatable bonds is 4. The first-order valence-electron chi connectivity index (χ1n) is 8.88. The third-order valence-corrected chi connectivity index (χ3v) is 2.88. The van der Waals surface area contributed by atoms with Crippen molar-refractivity contribution in [3.05, 3.63) is 96.1 Å². The third kappa shape index (κ3) is 12.5. The highest BCUT2D eigenvalue weighted by Crippen LogP contribution is 2.07. The minimum Gasteiger partial charge on any atom is -0.427 e. The highest BCUT2D eigenvalue weighted by molar-refractivity contribution is 5.69. The van der Waals surface area contributed by atoms with Gasteiger partial charge in [-0.1, -0.05) is 98.3 Å². The van der Waals surface area contributed by atoms with Gasteiger partial charge in [-0.05, 0) is 31.5 Å². The van der Waals surface area contributed by atoms with Crippen molar-refractivity contribution in [2.45, 2.75) is 34.6 Å². The Bertz CT molecular complexity index is 681. The summed E-state index contributed by atoms with van der Waals surface area (Å²) >= 11 is 0. The molecule has 2 aromatic rings. The molecule has 26 heavy (non-hydrogen) atoms. The van der Waals surface area contributed by atoms with E-state index in [2.05, 4.69) is 43.4 Å². The third-order valence-electron chi connectivity index (χ3n) is 2.88. The van der Waals surface area contributed by atoms with Gasteiger partial charge in [0, 0.05) is 6.92 Å². The fourth-order valence-electron chi connectivity index (χ4n) is 1.85. The summed E-state index contributed by atoms with van der Waals surface area (Å²) in [5.41, 5.74) is 2.50. The molecular weight excluding hydrogens is 320 g/mol. The number of para-hydroxylation sites is 1. The normalized spacial score (nSPS) is 10.6. The molecule has 2 aromatic carbocycles. The van der Waals surface area contributed by atoms with Gasteiger partial charge in [0.15, 0.2) is 0 Å². The van der Waals surface area contributed by atoms with E-state index >= 15 is 0 Å². The van der Waals surface area contributed by atoms with E-state index in [1.807, 2.05) is 63.2 Å². The van der Waals surface area contributed by atoms with Gasteiger partial charge in [0.25, 0.3) is 0 Å². The van der Waals surface area contributed by atoms with E-state index < -0.39 is 0 Å². The topological polar surface area (TPSA) is 26.3 Å². The minimum atomic E-state index is -0.286. The molecule has 0 fully saturated rings. The van der Waals surface area contributed by atoms with Gasteiger partial charge in [0.2, 0.25) is 0 Å². The number of carbonyl (C=O) groups is 1. The second-order valence-electron chi connectivity index (χ2n) is 5.09. The maximum absolute atomic E-state index is 10.4. The number of esters is 1. The van der Waals surface area contributed by atoms with E-state index in [-0.39, 0.29) is 5.97 Å². The Balaban J connectivity index is 0.000000458. The average Bonchev–Trinajstić information content (AvgIpc) is 2.65. The molecule has 0 radical (unpaired) electrons. The van der Waals surface area contributed by atoms with Gasteiger partial charge in [0.1, 0.15) is 5.75 Å². The van der Waals surface area contributed by atoms with Crippen molar-refractivity contribution in [1.82, 2.24) is 0 Å². The first kappa shape index (κ1) is 23.1. The van der Waals surface area contributed by atoms with Gasteiger partial charge in [-0.2, -0.15) is 0 Å². The summed E-state index contributed by atoms with van der Waals surface area (Å²) in [6.45, 7) is 9.50. The van der Waals surface area contributed by atoms with Gasteiger partial charge >= 0.3 is 5.97 Å². The van der Waals surface area contributed by atoms with Crippen LogP contribution in [0.3, 0.4) is 0 Å². The quantitative estimate of drug-likeness (QED) is 0.342. The van der Waals surface area contributed by atoms with Gasteiger partial charge < -0.3 is 4.74 Å². The standard InChI is InChI=1S/C14H16.C8H8O2.C2H6/c1-3-8-13(2)9-7-12-14-10-5-4-6-11-14;1-7(9)10-8-5-3-2-4-6-8;1-2/h3-12H,1-2H3;2-6H,1H3;1-2H3/b8-3-,12-7+,13-9-;;. The smallest absolute Gasteiger partial charge is 0.308 e. The lowest BCUT2D eigenvalue weighted by Gasteiger charge is -1.97. The molecule has 2 nitrogen and oxygen atoms in total. The molecule has 0 aliphatic carbocycles. The van der Waals surface area contributed by atoms with Crippen LogP contribution in [0.15, 0.2) is 90.5 Å². The van der Waals surface area contributed by atoms with Crippen molar-refractivity contribution >= 4 is 12.0 Å². The molecule has 0 aromatic heterocycles. The Morgan fingerprint density at radius 2 is 1.42 bits per heavy atom. The predicted octanol–water partition coefficient (Wildman–Crippen LogP) is 6.86. The van der Waals surface area contributed by atoms with Crippen molar-refractivity contribution in [2.24, 2.45) is 0 Å². The van der Waals surface area contributed by atoms with Gasteiger partial charge in [0.05, 0.1) is 0 Å². The Kier molecular flexibility index (Phi) is 13.9. The zero-order chi connectivity index (χ0) is 19.6. The number of hydrogen-bond donors (Lipinski definition) is 0. The summed E-state index contributed by atoms with van der Waals surface area (Å²) < 4.78 is 4.78. The van der Waals surface area contributed by atoms with Gasteiger partial charge in [-0.25, -0.2) is 0 Å². The molecule has 0 bridgehead atoms. The first-order chi connectivity index (χ1) is 12.6. The van der Waals surface area contributed by atoms with E-state index in [0.29, 0.717) is 5.75 Å². The molecule has 2 heteroatoms. The van der Waals surface area contributed by atoms with E-state index in [1.54, 1.807) is 12.1 Å². The molecule has 0 unspecified atom stereocenters. The lowest BCUT2D eigenvalue weighted by Crippen LogP contribution is -2.00. The van der Waals surface area contributed by atoms with E-state index in [4.69, 9.17) is 4.74 Å². The fourth-order valence-corrected chi connectivity index (χ4v) is 1.85. The predicted molar refractivity (Wildman–Crippen MR) is 113 cm³/mol. The summed E-state index contributed by atoms with van der Waals surface area (Å²) in [5, 5.41) is 0. The Labute approximate surface area is 158 Å². The summed E-state index contributed by atoms with van der Waals surface area (Å²) in [4.78, 5) is 10.4. The second kappa shape index (κ2) is 15.6. The molecular formula is C24H30O2. The van der Waals surface area contributed by atoms with Crippen molar-refractivity contribution in [2.75, 3.05) is 0 Å². The van der Waals surface area contributed by atoms with Crippen LogP contribution in [0.4, 0.5) is 0 Å². The molecule has 0 spiro atoms. The maximum atomic E-state index is 10.4. The monoisotopic (exact) mass is 350 g/mol. The fraction of sp³-hybridized carbons (Fsp3) is 0.208. The minimum absolute atomic E-state index is 0.286. The molecule has 0 heterocycles. The SMILES string of the molecule is CC.CC(=O)Oc1ccccc1.C\C=C/C(C)=C\C=C\c1ccccc1. The summed E-state index contributed by atoms with van der Waals surface area (Å²) in [7, 11) is 0. The van der Waals surface area contributed by atoms with Crippen LogP contribution < -0.4 is 4.74 Å². The number of benzene rings is 2. The number of ether oxygens (including phenoxy) is 1. The second-order valence-corrected chi connectivity index (χ2v) is 5.09. The molecule has 2 rings (SSSR count). The highest BCUT2D eigenvalue weighted by Gasteiger charge is 1.93. The molecule has 0 aliphatic heterocycles. The molecule has 0 atom stereocenters. The zero-order valence-electron chi connectivity index (χ0n) is 16.5. The Hall–Kier alpha value is -2.87. The summed E-state index contributed by atoms with van der Waals surface area (Å²) in [6.07, 6.45) is 10.4. The van der Waals surface area contributed by atoms with Gasteiger partial charge in [-0.3, -0.25) is 4.79 Å². The highest BCUT2D eigenvalue weighted by atomic mass is 16.5. The van der Waals surface area contributed by atoms with E-state index in [0.717, 1.165) is 0 Å². The number of carbonyl (C=O) groups excluding carboxylic acids is 1. The van der Waals surface area contributed by atoms with Gasteiger partial charge in [-0.15, -0.1) is 0 Å². The van der Waals surface area contributed by atoms with Crippen LogP contribution in [-0.4, -0.2) is 5.97 Å². The zero-order valence-corrected chi connectivity index (χ0v) is 16.5. The van der Waals surface area contributed by atoms with Crippen LogP contribution in [0.25, 0.3) is 6.08 Å². The van der Waals surface area contributed by atoms with Crippen LogP contribution in [0.1, 0.15) is 40.2 Å². The van der Waals surface area contributed by atoms with Crippen molar-refractivity contribution in [3.8, 4) is 5.75 Å². The van der Waals surface area contributed by atoms with E-state index in [9.17, 15) is 4.79 Å². The molecule has 138 valence electrons. The van der Waals surface area contributed by atoms with E-state index in [1.165, 1.54) is 18.1 Å². The van der Waals surface area contributed by atoms with Crippen LogP contribution in [0, 0.1) is 0 Å². The maximum Gasteiger partial charge on any atom is 0.308 e. The lowest BCUT2D eigenvalue weighted by molar-refractivity contribution is -0.131. The van der Waals surface area contributed by atoms with Crippen LogP contribution in [0.5, 0.6) is 5.75 Å². The first-order valence-corrected chi connectivity index (χ1v) is 8.88. The van der Waals surface area contributed by atoms with Crippen molar-refractivity contribution < 1.29 is 9.53 Å². The Morgan fingerprint density at radius 3 is 1.92 bits per heavy atom. The summed E-state index contributed by atoms with van der Waals surface area (Å²) in [6, 6.07) is 19.3. The van der Waals surface area contributed by atoms with Crippen LogP contribution in [0.2, 0.25) is 0 Å². The molecule has 0 saturated heterocycles. The Morgan fingerprint density at radius 1 is 0.885 bits per heavy atom. The molecule has 0 aliphatic rings. The average molecular weight is 351 g/mol. The molecule has 0 saturated carbocycles. The number of hydrogen-bond acceptors (Lipinski definition) is 2.